The van der Waals surface area contributed by atoms with Crippen LogP contribution in [0.2, 0.25) is 0 Å². The van der Waals surface area contributed by atoms with E-state index in [0.29, 0.717) is 12.4 Å². The highest BCUT2D eigenvalue weighted by molar-refractivity contribution is 7.89. The van der Waals surface area contributed by atoms with Crippen LogP contribution in [0, 0.1) is 6.92 Å². The van der Waals surface area contributed by atoms with Crippen LogP contribution in [-0.4, -0.2) is 36.3 Å². The van der Waals surface area contributed by atoms with Gasteiger partial charge in [-0.25, -0.2) is 13.4 Å². The monoisotopic (exact) mass is 217 g/mol. The maximum Gasteiger partial charge on any atom is 0.259 e. The number of aromatic amines is 1. The molecule has 0 bridgehead atoms. The van der Waals surface area contributed by atoms with Gasteiger partial charge in [0.2, 0.25) is 0 Å². The van der Waals surface area contributed by atoms with Crippen molar-refractivity contribution in [1.82, 2.24) is 14.3 Å². The van der Waals surface area contributed by atoms with Crippen molar-refractivity contribution in [3.8, 4) is 0 Å². The fourth-order valence-corrected chi connectivity index (χ4v) is 2.35. The first-order valence-corrected chi connectivity index (χ1v) is 5.90. The first kappa shape index (κ1) is 11.2. The van der Waals surface area contributed by atoms with E-state index in [1.54, 1.807) is 14.0 Å². The minimum Gasteiger partial charge on any atom is -0.332 e. The molecule has 0 aliphatic rings. The number of imidazole rings is 1. The third kappa shape index (κ3) is 2.13. The van der Waals surface area contributed by atoms with Gasteiger partial charge >= 0.3 is 0 Å². The number of hydrogen-bond acceptors (Lipinski definition) is 3. The zero-order valence-electron chi connectivity index (χ0n) is 8.61. The predicted molar refractivity (Wildman–Crippen MR) is 53.4 cm³/mol. The first-order chi connectivity index (χ1) is 6.48. The Hall–Kier alpha value is -0.880. The van der Waals surface area contributed by atoms with Gasteiger partial charge in [-0.2, -0.15) is 4.31 Å². The molecule has 80 valence electrons. The van der Waals surface area contributed by atoms with Crippen molar-refractivity contribution in [2.45, 2.75) is 25.3 Å². The van der Waals surface area contributed by atoms with E-state index >= 15 is 0 Å². The highest BCUT2D eigenvalue weighted by Gasteiger charge is 2.21. The fraction of sp³-hybridized carbons (Fsp3) is 0.625. The van der Waals surface area contributed by atoms with E-state index in [1.165, 1.54) is 10.5 Å². The maximum atomic E-state index is 11.8. The van der Waals surface area contributed by atoms with Crippen molar-refractivity contribution < 1.29 is 8.42 Å². The molecule has 1 N–H and O–H groups in total. The van der Waals surface area contributed by atoms with Gasteiger partial charge in [0.1, 0.15) is 5.82 Å². The number of rotatable bonds is 4. The average molecular weight is 217 g/mol. The molecule has 0 unspecified atom stereocenters. The van der Waals surface area contributed by atoms with Crippen LogP contribution in [0.1, 0.15) is 19.2 Å². The van der Waals surface area contributed by atoms with Gasteiger partial charge in [0.15, 0.2) is 5.03 Å². The molecule has 0 radical (unpaired) electrons. The van der Waals surface area contributed by atoms with Gasteiger partial charge in [0, 0.05) is 13.6 Å². The Morgan fingerprint density at radius 1 is 1.57 bits per heavy atom. The van der Waals surface area contributed by atoms with Crippen molar-refractivity contribution >= 4 is 10.0 Å². The predicted octanol–water partition coefficient (Wildman–Crippen LogP) is 0.749. The molecule has 5 nitrogen and oxygen atoms in total. The summed E-state index contributed by atoms with van der Waals surface area (Å²) in [5.41, 5.74) is 0. The number of aromatic nitrogens is 2. The molecule has 0 spiro atoms. The molecule has 0 atom stereocenters. The van der Waals surface area contributed by atoms with Crippen LogP contribution in [0.3, 0.4) is 0 Å². The van der Waals surface area contributed by atoms with Gasteiger partial charge in [-0.3, -0.25) is 0 Å². The van der Waals surface area contributed by atoms with Crippen LogP contribution in [0.4, 0.5) is 0 Å². The van der Waals surface area contributed by atoms with E-state index in [-0.39, 0.29) is 5.03 Å². The third-order valence-electron chi connectivity index (χ3n) is 1.91. The Balaban J connectivity index is 2.96. The second-order valence-corrected chi connectivity index (χ2v) is 5.17. The summed E-state index contributed by atoms with van der Waals surface area (Å²) in [6.45, 7) is 4.17. The largest absolute Gasteiger partial charge is 0.332 e. The van der Waals surface area contributed by atoms with E-state index < -0.39 is 10.0 Å². The topological polar surface area (TPSA) is 66.1 Å². The molecule has 1 aromatic heterocycles. The summed E-state index contributed by atoms with van der Waals surface area (Å²) < 4.78 is 24.9. The molecular formula is C8H15N3O2S. The molecule has 6 heteroatoms. The number of nitrogens with one attached hydrogen (secondary N) is 1. The summed E-state index contributed by atoms with van der Waals surface area (Å²) in [6, 6.07) is 0. The summed E-state index contributed by atoms with van der Waals surface area (Å²) in [7, 11) is -1.80. The number of aryl methyl sites for hydroxylation is 1. The quantitative estimate of drug-likeness (QED) is 0.809. The Kier molecular flexibility index (Phi) is 3.28. The molecule has 1 heterocycles. The lowest BCUT2D eigenvalue weighted by Gasteiger charge is -2.14. The van der Waals surface area contributed by atoms with Gasteiger partial charge in [0.25, 0.3) is 10.0 Å². The lowest BCUT2D eigenvalue weighted by atomic mass is 10.5. The highest BCUT2D eigenvalue weighted by Crippen LogP contribution is 2.11. The molecule has 14 heavy (non-hydrogen) atoms. The van der Waals surface area contributed by atoms with Gasteiger partial charge in [0.05, 0.1) is 6.20 Å². The van der Waals surface area contributed by atoms with Gasteiger partial charge in [-0.05, 0) is 13.3 Å². The van der Waals surface area contributed by atoms with Crippen LogP contribution in [0.5, 0.6) is 0 Å². The lowest BCUT2D eigenvalue weighted by molar-refractivity contribution is 0.466. The Labute approximate surface area is 84.2 Å². The van der Waals surface area contributed by atoms with E-state index in [9.17, 15) is 8.42 Å². The van der Waals surface area contributed by atoms with Crippen molar-refractivity contribution in [2.75, 3.05) is 13.6 Å². The van der Waals surface area contributed by atoms with Gasteiger partial charge in [-0.15, -0.1) is 0 Å². The van der Waals surface area contributed by atoms with E-state index in [1.807, 2.05) is 6.92 Å². The minimum atomic E-state index is -3.37. The van der Waals surface area contributed by atoms with Crippen molar-refractivity contribution in [2.24, 2.45) is 0 Å². The maximum absolute atomic E-state index is 11.8. The van der Waals surface area contributed by atoms with Crippen molar-refractivity contribution in [3.63, 3.8) is 0 Å². The normalized spacial score (nSPS) is 12.3. The Morgan fingerprint density at radius 3 is 2.64 bits per heavy atom. The summed E-state index contributed by atoms with van der Waals surface area (Å²) in [5.74, 6) is 0.605. The molecule has 0 amide bonds. The number of nitrogens with zero attached hydrogens (tertiary/aromatic N) is 2. The number of H-pyrrole nitrogens is 1. The summed E-state index contributed by atoms with van der Waals surface area (Å²) >= 11 is 0. The number of sulfonamides is 1. The van der Waals surface area contributed by atoms with Crippen molar-refractivity contribution in [3.05, 3.63) is 12.0 Å². The molecular weight excluding hydrogens is 202 g/mol. The molecule has 0 saturated carbocycles. The Bertz CT molecular complexity index is 396. The molecule has 0 aliphatic heterocycles. The van der Waals surface area contributed by atoms with Crippen LogP contribution in [-0.2, 0) is 10.0 Å². The minimum absolute atomic E-state index is 0.158. The lowest BCUT2D eigenvalue weighted by Crippen LogP contribution is -2.27. The van der Waals surface area contributed by atoms with Gasteiger partial charge < -0.3 is 4.98 Å². The van der Waals surface area contributed by atoms with Crippen LogP contribution in [0.25, 0.3) is 0 Å². The molecule has 0 aromatic carbocycles. The summed E-state index contributed by atoms with van der Waals surface area (Å²) in [4.78, 5) is 6.58. The first-order valence-electron chi connectivity index (χ1n) is 4.46. The second kappa shape index (κ2) is 4.10. The average Bonchev–Trinajstić information content (AvgIpc) is 2.52. The molecule has 1 aromatic rings. The molecule has 1 rings (SSSR count). The molecule has 0 aliphatic carbocycles. The zero-order chi connectivity index (χ0) is 10.8. The summed E-state index contributed by atoms with van der Waals surface area (Å²) in [5, 5.41) is 0.158. The van der Waals surface area contributed by atoms with Crippen LogP contribution >= 0.6 is 0 Å². The zero-order valence-corrected chi connectivity index (χ0v) is 9.43. The highest BCUT2D eigenvalue weighted by atomic mass is 32.2. The number of hydrogen-bond donors (Lipinski definition) is 1. The van der Waals surface area contributed by atoms with Crippen LogP contribution < -0.4 is 0 Å². The second-order valence-electron chi connectivity index (χ2n) is 3.16. The van der Waals surface area contributed by atoms with E-state index in [2.05, 4.69) is 9.97 Å². The standard InChI is InChI=1S/C8H15N3O2S/c1-4-5-11(3)14(12,13)8-6-9-7(2)10-8/h6H,4-5H2,1-3H3,(H,9,10). The fourth-order valence-electron chi connectivity index (χ4n) is 1.13. The van der Waals surface area contributed by atoms with E-state index in [4.69, 9.17) is 0 Å². The molecule has 0 fully saturated rings. The van der Waals surface area contributed by atoms with Gasteiger partial charge in [-0.1, -0.05) is 6.92 Å². The third-order valence-corrected chi connectivity index (χ3v) is 3.67. The van der Waals surface area contributed by atoms with Crippen LogP contribution in [0.15, 0.2) is 11.2 Å². The smallest absolute Gasteiger partial charge is 0.259 e. The Morgan fingerprint density at radius 2 is 2.21 bits per heavy atom. The SMILES string of the molecule is CCCN(C)S(=O)(=O)c1cnc(C)[nH]1. The van der Waals surface area contributed by atoms with Crippen molar-refractivity contribution in [1.29, 1.82) is 0 Å². The summed E-state index contributed by atoms with van der Waals surface area (Å²) in [6.07, 6.45) is 2.14. The molecule has 0 saturated heterocycles. The van der Waals surface area contributed by atoms with E-state index in [0.717, 1.165) is 6.42 Å².